The molecule has 2 nitrogen and oxygen atoms in total. The number of hydrogen-bond donors (Lipinski definition) is 2. The maximum Gasteiger partial charge on any atom is 0.0241 e. The number of allylic oxidation sites excluding steroid dienone is 1. The van der Waals surface area contributed by atoms with Crippen LogP contribution in [0.5, 0.6) is 0 Å². The maximum atomic E-state index is 5.56. The van der Waals surface area contributed by atoms with Crippen molar-refractivity contribution in [2.45, 2.75) is 12.8 Å². The highest BCUT2D eigenvalue weighted by Gasteiger charge is 1.92. The number of nitrogens with two attached hydrogens (primary N) is 2. The zero-order chi connectivity index (χ0) is 8.81. The lowest BCUT2D eigenvalue weighted by atomic mass is 10.1. The van der Waals surface area contributed by atoms with Gasteiger partial charge in [0.25, 0.3) is 0 Å². The Hall–Kier alpha value is -1.44. The van der Waals surface area contributed by atoms with Crippen molar-refractivity contribution in [1.29, 1.82) is 0 Å². The molecule has 0 aliphatic carbocycles. The van der Waals surface area contributed by atoms with Crippen molar-refractivity contribution < 1.29 is 0 Å². The average molecular weight is 162 g/mol. The van der Waals surface area contributed by atoms with Crippen LogP contribution >= 0.6 is 0 Å². The minimum atomic E-state index is 0.749. The van der Waals surface area contributed by atoms with Crippen LogP contribution in [0.15, 0.2) is 42.2 Å². The van der Waals surface area contributed by atoms with E-state index < -0.39 is 0 Å². The lowest BCUT2D eigenvalue weighted by molar-refractivity contribution is 0.921. The molecule has 0 atom stereocenters. The summed E-state index contributed by atoms with van der Waals surface area (Å²) in [6, 6.07) is 10.2. The van der Waals surface area contributed by atoms with Gasteiger partial charge in [0.2, 0.25) is 0 Å². The Balaban J connectivity index is 2.44. The Kier molecular flexibility index (Phi) is 3.20. The van der Waals surface area contributed by atoms with Crippen LogP contribution in [0, 0.1) is 0 Å². The summed E-state index contributed by atoms with van der Waals surface area (Å²) in [6.45, 7) is 0. The summed E-state index contributed by atoms with van der Waals surface area (Å²) >= 11 is 0. The van der Waals surface area contributed by atoms with Crippen LogP contribution in [0.2, 0.25) is 0 Å². The minimum absolute atomic E-state index is 0.749. The van der Waals surface area contributed by atoms with Crippen molar-refractivity contribution in [2.24, 2.45) is 11.5 Å². The Morgan fingerprint density at radius 1 is 1.25 bits per heavy atom. The zero-order valence-corrected chi connectivity index (χ0v) is 7.03. The third-order valence-corrected chi connectivity index (χ3v) is 1.76. The fraction of sp³-hybridized carbons (Fsp3) is 0.200. The van der Waals surface area contributed by atoms with Gasteiger partial charge in [-0.2, -0.15) is 0 Å². The first-order valence-electron chi connectivity index (χ1n) is 4.03. The van der Waals surface area contributed by atoms with Gasteiger partial charge in [0.05, 0.1) is 0 Å². The topological polar surface area (TPSA) is 52.0 Å². The Bertz CT molecular complexity index is 252. The highest BCUT2D eigenvalue weighted by Crippen LogP contribution is 2.04. The molecule has 0 aliphatic heterocycles. The first kappa shape index (κ1) is 8.65. The van der Waals surface area contributed by atoms with Gasteiger partial charge in [-0.25, -0.2) is 0 Å². The van der Waals surface area contributed by atoms with Crippen LogP contribution < -0.4 is 11.5 Å². The summed E-state index contributed by atoms with van der Waals surface area (Å²) in [5, 5.41) is 0. The lowest BCUT2D eigenvalue weighted by Crippen LogP contribution is -2.01. The number of rotatable bonds is 3. The molecule has 1 rings (SSSR count). The zero-order valence-electron chi connectivity index (χ0n) is 7.03. The molecule has 0 saturated heterocycles. The Morgan fingerprint density at radius 2 is 1.92 bits per heavy atom. The molecule has 0 aliphatic rings. The van der Waals surface area contributed by atoms with Crippen LogP contribution in [0.1, 0.15) is 12.0 Å². The van der Waals surface area contributed by atoms with Gasteiger partial charge in [-0.3, -0.25) is 0 Å². The highest BCUT2D eigenvalue weighted by atomic mass is 14.6. The molecule has 0 saturated carbocycles. The van der Waals surface area contributed by atoms with Gasteiger partial charge < -0.3 is 11.5 Å². The van der Waals surface area contributed by atoms with Gasteiger partial charge in [0.1, 0.15) is 0 Å². The predicted molar refractivity (Wildman–Crippen MR) is 51.2 cm³/mol. The minimum Gasteiger partial charge on any atom is -0.403 e. The van der Waals surface area contributed by atoms with Gasteiger partial charge in [0, 0.05) is 11.9 Å². The summed E-state index contributed by atoms with van der Waals surface area (Å²) in [4.78, 5) is 0. The molecule has 64 valence electrons. The lowest BCUT2D eigenvalue weighted by Gasteiger charge is -2.00. The third-order valence-electron chi connectivity index (χ3n) is 1.76. The summed E-state index contributed by atoms with van der Waals surface area (Å²) in [7, 11) is 0. The van der Waals surface area contributed by atoms with Gasteiger partial charge in [0.15, 0.2) is 0 Å². The Morgan fingerprint density at radius 3 is 2.50 bits per heavy atom. The van der Waals surface area contributed by atoms with E-state index in [1.807, 2.05) is 18.2 Å². The van der Waals surface area contributed by atoms with E-state index >= 15 is 0 Å². The molecule has 0 unspecified atom stereocenters. The fourth-order valence-electron chi connectivity index (χ4n) is 1.02. The standard InChI is InChI=1S/C10H14N2/c11-8-10(12)7-6-9-4-2-1-3-5-9/h1-5,8H,6-7,11-12H2/b10-8-. The molecule has 1 aromatic rings. The normalized spacial score (nSPS) is 11.5. The molecule has 0 bridgehead atoms. The molecular weight excluding hydrogens is 148 g/mol. The van der Waals surface area contributed by atoms with Crippen LogP contribution in [-0.2, 0) is 6.42 Å². The molecule has 4 N–H and O–H groups in total. The van der Waals surface area contributed by atoms with E-state index in [-0.39, 0.29) is 0 Å². The molecule has 0 fully saturated rings. The van der Waals surface area contributed by atoms with Crippen molar-refractivity contribution in [3.63, 3.8) is 0 Å². The molecule has 2 heteroatoms. The van der Waals surface area contributed by atoms with Crippen molar-refractivity contribution >= 4 is 0 Å². The third kappa shape index (κ3) is 2.66. The van der Waals surface area contributed by atoms with Gasteiger partial charge in [-0.1, -0.05) is 30.3 Å². The molecule has 0 amide bonds. The van der Waals surface area contributed by atoms with E-state index in [0.29, 0.717) is 0 Å². The quantitative estimate of drug-likeness (QED) is 0.705. The second-order valence-corrected chi connectivity index (χ2v) is 2.73. The summed E-state index contributed by atoms with van der Waals surface area (Å²) in [5.74, 6) is 0. The molecule has 1 aromatic carbocycles. The monoisotopic (exact) mass is 162 g/mol. The van der Waals surface area contributed by atoms with Gasteiger partial charge >= 0.3 is 0 Å². The van der Waals surface area contributed by atoms with Crippen molar-refractivity contribution in [3.8, 4) is 0 Å². The first-order valence-corrected chi connectivity index (χ1v) is 4.03. The summed E-state index contributed by atoms with van der Waals surface area (Å²) < 4.78 is 0. The van der Waals surface area contributed by atoms with Crippen LogP contribution in [0.3, 0.4) is 0 Å². The predicted octanol–water partition coefficient (Wildman–Crippen LogP) is 1.38. The van der Waals surface area contributed by atoms with E-state index in [0.717, 1.165) is 18.5 Å². The average Bonchev–Trinajstić information content (AvgIpc) is 2.16. The summed E-state index contributed by atoms with van der Waals surface area (Å²) in [5.41, 5.74) is 12.8. The van der Waals surface area contributed by atoms with E-state index in [4.69, 9.17) is 11.5 Å². The van der Waals surface area contributed by atoms with Crippen molar-refractivity contribution in [1.82, 2.24) is 0 Å². The smallest absolute Gasteiger partial charge is 0.0241 e. The molecule has 0 heterocycles. The SMILES string of the molecule is N/C=C(\N)CCc1ccccc1. The largest absolute Gasteiger partial charge is 0.403 e. The Labute approximate surface area is 72.9 Å². The van der Waals surface area contributed by atoms with Crippen LogP contribution in [0.4, 0.5) is 0 Å². The second-order valence-electron chi connectivity index (χ2n) is 2.73. The van der Waals surface area contributed by atoms with Crippen molar-refractivity contribution in [2.75, 3.05) is 0 Å². The van der Waals surface area contributed by atoms with E-state index in [9.17, 15) is 0 Å². The van der Waals surface area contributed by atoms with E-state index in [2.05, 4.69) is 12.1 Å². The van der Waals surface area contributed by atoms with Crippen LogP contribution in [-0.4, -0.2) is 0 Å². The van der Waals surface area contributed by atoms with Crippen molar-refractivity contribution in [3.05, 3.63) is 47.8 Å². The fourth-order valence-corrected chi connectivity index (χ4v) is 1.02. The van der Waals surface area contributed by atoms with Gasteiger partial charge in [-0.05, 0) is 18.4 Å². The number of benzene rings is 1. The highest BCUT2D eigenvalue weighted by molar-refractivity contribution is 5.15. The molecule has 0 aromatic heterocycles. The second kappa shape index (κ2) is 4.44. The molecular formula is C10H14N2. The van der Waals surface area contributed by atoms with Gasteiger partial charge in [-0.15, -0.1) is 0 Å². The molecule has 0 spiro atoms. The molecule has 12 heavy (non-hydrogen) atoms. The summed E-state index contributed by atoms with van der Waals surface area (Å²) in [6.07, 6.45) is 3.25. The number of hydrogen-bond acceptors (Lipinski definition) is 2. The number of aryl methyl sites for hydroxylation is 1. The molecule has 0 radical (unpaired) electrons. The van der Waals surface area contributed by atoms with Crippen LogP contribution in [0.25, 0.3) is 0 Å². The first-order chi connectivity index (χ1) is 5.83. The maximum absolute atomic E-state index is 5.56. The van der Waals surface area contributed by atoms with E-state index in [1.54, 1.807) is 0 Å². The van der Waals surface area contributed by atoms with E-state index in [1.165, 1.54) is 11.8 Å².